The fourth-order valence-electron chi connectivity index (χ4n) is 2.38. The minimum absolute atomic E-state index is 0.648. The molecule has 23 heavy (non-hydrogen) atoms. The lowest BCUT2D eigenvalue weighted by atomic mass is 10.2. The van der Waals surface area contributed by atoms with Crippen molar-refractivity contribution in [2.24, 2.45) is 0 Å². The van der Waals surface area contributed by atoms with Gasteiger partial charge in [-0.25, -0.2) is 5.10 Å². The molecule has 114 valence electrons. The van der Waals surface area contributed by atoms with Crippen molar-refractivity contribution in [1.29, 1.82) is 0 Å². The van der Waals surface area contributed by atoms with Gasteiger partial charge in [-0.05, 0) is 29.7 Å². The summed E-state index contributed by atoms with van der Waals surface area (Å²) in [6.07, 6.45) is 0. The summed E-state index contributed by atoms with van der Waals surface area (Å²) < 4.78 is 0. The minimum Gasteiger partial charge on any atom is -0.358 e. The molecule has 2 aromatic carbocycles. The van der Waals surface area contributed by atoms with E-state index < -0.39 is 0 Å². The number of anilines is 2. The van der Waals surface area contributed by atoms with E-state index in [4.69, 9.17) is 0 Å². The van der Waals surface area contributed by atoms with Crippen LogP contribution in [-0.2, 0) is 5.75 Å². The normalized spacial score (nSPS) is 11.0. The topological polar surface area (TPSA) is 69.4 Å². The van der Waals surface area contributed by atoms with E-state index >= 15 is 0 Å². The Morgan fingerprint density at radius 1 is 1.00 bits per heavy atom. The molecule has 0 aliphatic heterocycles. The highest BCUT2D eigenvalue weighted by Crippen LogP contribution is 2.23. The lowest BCUT2D eigenvalue weighted by Crippen LogP contribution is -1.91. The van der Waals surface area contributed by atoms with Crippen molar-refractivity contribution in [2.45, 2.75) is 10.9 Å². The predicted molar refractivity (Wildman–Crippen MR) is 94.0 cm³/mol. The van der Waals surface area contributed by atoms with E-state index in [-0.39, 0.29) is 0 Å². The molecule has 4 aromatic rings. The SMILES string of the molecule is c1ccc(Nc2nc(SCc3cc4ccccc4[nH]3)n[nH]2)cc1. The lowest BCUT2D eigenvalue weighted by molar-refractivity contribution is 0.972. The van der Waals surface area contributed by atoms with E-state index in [1.54, 1.807) is 11.8 Å². The van der Waals surface area contributed by atoms with E-state index in [0.29, 0.717) is 5.95 Å². The van der Waals surface area contributed by atoms with Crippen LogP contribution in [0.4, 0.5) is 11.6 Å². The quantitative estimate of drug-likeness (QED) is 0.479. The first-order chi connectivity index (χ1) is 11.4. The van der Waals surface area contributed by atoms with Gasteiger partial charge in [-0.3, -0.25) is 0 Å². The van der Waals surface area contributed by atoms with Gasteiger partial charge in [0.25, 0.3) is 0 Å². The van der Waals surface area contributed by atoms with Gasteiger partial charge in [-0.1, -0.05) is 48.2 Å². The molecule has 0 radical (unpaired) electrons. The highest BCUT2D eigenvalue weighted by molar-refractivity contribution is 7.98. The Labute approximate surface area is 137 Å². The van der Waals surface area contributed by atoms with Crippen molar-refractivity contribution in [1.82, 2.24) is 20.2 Å². The molecule has 0 bridgehead atoms. The molecule has 2 aromatic heterocycles. The van der Waals surface area contributed by atoms with Crippen molar-refractivity contribution in [3.8, 4) is 0 Å². The maximum atomic E-state index is 4.45. The standard InChI is InChI=1S/C17H15N5S/c1-2-7-13(8-3-1)19-16-20-17(22-21-16)23-11-14-10-12-6-4-5-9-15(12)18-14/h1-10,18H,11H2,(H2,19,20,21,22). The number of H-pyrrole nitrogens is 2. The van der Waals surface area contributed by atoms with E-state index in [2.05, 4.69) is 43.7 Å². The van der Waals surface area contributed by atoms with Crippen LogP contribution in [0.3, 0.4) is 0 Å². The minimum atomic E-state index is 0.648. The Morgan fingerprint density at radius 2 is 1.83 bits per heavy atom. The summed E-state index contributed by atoms with van der Waals surface area (Å²) in [5, 5.41) is 12.3. The third-order valence-electron chi connectivity index (χ3n) is 3.44. The number of fused-ring (bicyclic) bond motifs is 1. The first-order valence-electron chi connectivity index (χ1n) is 7.31. The van der Waals surface area contributed by atoms with Crippen LogP contribution in [0, 0.1) is 0 Å². The van der Waals surface area contributed by atoms with E-state index in [9.17, 15) is 0 Å². The Kier molecular flexibility index (Phi) is 3.73. The van der Waals surface area contributed by atoms with Crippen molar-refractivity contribution >= 4 is 34.3 Å². The zero-order chi connectivity index (χ0) is 15.5. The van der Waals surface area contributed by atoms with Gasteiger partial charge in [0.1, 0.15) is 0 Å². The zero-order valence-corrected chi connectivity index (χ0v) is 13.1. The molecule has 3 N–H and O–H groups in total. The van der Waals surface area contributed by atoms with Gasteiger partial charge < -0.3 is 10.3 Å². The van der Waals surface area contributed by atoms with Crippen LogP contribution in [0.1, 0.15) is 5.69 Å². The molecular formula is C17H15N5S. The number of nitrogens with zero attached hydrogens (tertiary/aromatic N) is 2. The molecule has 0 atom stereocenters. The number of nitrogens with one attached hydrogen (secondary N) is 3. The highest BCUT2D eigenvalue weighted by Gasteiger charge is 2.06. The molecule has 2 heterocycles. The average molecular weight is 321 g/mol. The summed E-state index contributed by atoms with van der Waals surface area (Å²) in [5.74, 6) is 1.45. The first-order valence-corrected chi connectivity index (χ1v) is 8.29. The molecule has 5 nitrogen and oxygen atoms in total. The molecule has 0 aliphatic carbocycles. The van der Waals surface area contributed by atoms with Gasteiger partial charge in [0, 0.05) is 22.7 Å². The molecule has 0 aliphatic rings. The number of hydrogen-bond acceptors (Lipinski definition) is 4. The fraction of sp³-hybridized carbons (Fsp3) is 0.0588. The van der Waals surface area contributed by atoms with E-state index in [1.165, 1.54) is 11.1 Å². The van der Waals surface area contributed by atoms with E-state index in [1.807, 2.05) is 42.5 Å². The largest absolute Gasteiger partial charge is 0.358 e. The Bertz CT molecular complexity index is 880. The maximum Gasteiger partial charge on any atom is 0.223 e. The first kappa shape index (κ1) is 13.9. The molecule has 4 rings (SSSR count). The smallest absolute Gasteiger partial charge is 0.223 e. The van der Waals surface area contributed by atoms with Crippen molar-refractivity contribution in [3.63, 3.8) is 0 Å². The van der Waals surface area contributed by atoms with Crippen molar-refractivity contribution in [2.75, 3.05) is 5.32 Å². The summed E-state index contributed by atoms with van der Waals surface area (Å²) in [5.41, 5.74) is 3.30. The number of para-hydroxylation sites is 2. The Balaban J connectivity index is 1.41. The molecule has 0 fully saturated rings. The summed E-state index contributed by atoms with van der Waals surface area (Å²) in [4.78, 5) is 7.86. The summed E-state index contributed by atoms with van der Waals surface area (Å²) in [6.45, 7) is 0. The van der Waals surface area contributed by atoms with Gasteiger partial charge in [0.15, 0.2) is 0 Å². The molecule has 6 heteroatoms. The second kappa shape index (κ2) is 6.18. The van der Waals surface area contributed by atoms with Gasteiger partial charge in [-0.15, -0.1) is 5.10 Å². The predicted octanol–water partition coefficient (Wildman–Crippen LogP) is 4.32. The third-order valence-corrected chi connectivity index (χ3v) is 4.34. The van der Waals surface area contributed by atoms with Gasteiger partial charge in [-0.2, -0.15) is 4.98 Å². The number of hydrogen-bond donors (Lipinski definition) is 3. The molecule has 0 unspecified atom stereocenters. The zero-order valence-electron chi connectivity index (χ0n) is 12.3. The Morgan fingerprint density at radius 3 is 2.70 bits per heavy atom. The summed E-state index contributed by atoms with van der Waals surface area (Å²) >= 11 is 1.60. The number of benzene rings is 2. The third kappa shape index (κ3) is 3.22. The molecule has 0 amide bonds. The van der Waals surface area contributed by atoms with Crippen LogP contribution in [0.2, 0.25) is 0 Å². The van der Waals surface area contributed by atoms with Crippen LogP contribution in [-0.4, -0.2) is 20.2 Å². The summed E-state index contributed by atoms with van der Waals surface area (Å²) in [7, 11) is 0. The van der Waals surface area contributed by atoms with Crippen LogP contribution >= 0.6 is 11.8 Å². The molecule has 0 spiro atoms. The molecular weight excluding hydrogens is 306 g/mol. The second-order valence-corrected chi connectivity index (χ2v) is 6.07. The maximum absolute atomic E-state index is 4.45. The fourth-order valence-corrected chi connectivity index (χ4v) is 3.08. The second-order valence-electron chi connectivity index (χ2n) is 5.13. The van der Waals surface area contributed by atoms with Crippen molar-refractivity contribution in [3.05, 3.63) is 66.4 Å². The van der Waals surface area contributed by atoms with Crippen LogP contribution in [0.15, 0.2) is 65.8 Å². The number of rotatable bonds is 5. The van der Waals surface area contributed by atoms with Gasteiger partial charge >= 0.3 is 0 Å². The van der Waals surface area contributed by atoms with Crippen LogP contribution < -0.4 is 5.32 Å². The number of thioether (sulfide) groups is 1. The average Bonchev–Trinajstić information content (AvgIpc) is 3.20. The number of aromatic nitrogens is 4. The van der Waals surface area contributed by atoms with Crippen LogP contribution in [0.5, 0.6) is 0 Å². The summed E-state index contributed by atoms with van der Waals surface area (Å²) in [6, 6.07) is 20.3. The van der Waals surface area contributed by atoms with E-state index in [0.717, 1.165) is 22.1 Å². The highest BCUT2D eigenvalue weighted by atomic mass is 32.2. The molecule has 0 saturated carbocycles. The Hall–Kier alpha value is -2.73. The monoisotopic (exact) mass is 321 g/mol. The van der Waals surface area contributed by atoms with Crippen molar-refractivity contribution < 1.29 is 0 Å². The van der Waals surface area contributed by atoms with Gasteiger partial charge in [0.2, 0.25) is 11.1 Å². The lowest BCUT2D eigenvalue weighted by Gasteiger charge is -1.99. The van der Waals surface area contributed by atoms with Crippen LogP contribution in [0.25, 0.3) is 10.9 Å². The molecule has 0 saturated heterocycles. The van der Waals surface area contributed by atoms with Gasteiger partial charge in [0.05, 0.1) is 0 Å². The number of aromatic amines is 2.